The predicted octanol–water partition coefficient (Wildman–Crippen LogP) is 10.4. The Hall–Kier alpha value is -0.780. The van der Waals surface area contributed by atoms with E-state index in [1.54, 1.807) is 0 Å². The van der Waals surface area contributed by atoms with Crippen LogP contribution in [-0.4, -0.2) is 25.0 Å². The van der Waals surface area contributed by atoms with Crippen LogP contribution in [0.4, 0.5) is 0 Å². The first kappa shape index (κ1) is 31.2. The standard InChI is InChI=1S/C31H59N/c1-5-7-9-11-13-14-15-16-17-18-19-20-21-22-24-26-28-30-31(32(3)4)29-27-25-23-12-10-8-6-2/h8,16-17,31H,2,5,7,9-15,18-30H2,1,3-4H3/b17-16-. The average molecular weight is 446 g/mol. The molecule has 0 N–H and O–H groups in total. The van der Waals surface area contributed by atoms with E-state index in [2.05, 4.69) is 56.5 Å². The highest BCUT2D eigenvalue weighted by atomic mass is 15.1. The van der Waals surface area contributed by atoms with E-state index >= 15 is 0 Å². The number of hydrogen-bond donors (Lipinski definition) is 0. The molecule has 0 bridgehead atoms. The van der Waals surface area contributed by atoms with Crippen LogP contribution >= 0.6 is 0 Å². The normalized spacial score (nSPS) is 12.5. The van der Waals surface area contributed by atoms with Crippen LogP contribution in [-0.2, 0) is 0 Å². The number of rotatable bonds is 25. The molecule has 0 aromatic carbocycles. The lowest BCUT2D eigenvalue weighted by molar-refractivity contribution is 0.251. The molecule has 0 spiro atoms. The molecule has 0 aliphatic carbocycles. The average Bonchev–Trinajstić information content (AvgIpc) is 2.78. The molecule has 0 rings (SSSR count). The number of unbranched alkanes of at least 4 members (excludes halogenated alkanes) is 17. The molecular formula is C31H59N. The smallest absolute Gasteiger partial charge is 0.00891 e. The first-order valence-electron chi connectivity index (χ1n) is 14.4. The lowest BCUT2D eigenvalue weighted by Crippen LogP contribution is -2.27. The van der Waals surface area contributed by atoms with Gasteiger partial charge in [-0.05, 0) is 71.5 Å². The molecule has 188 valence electrons. The Morgan fingerprint density at radius 3 is 1.44 bits per heavy atom. The van der Waals surface area contributed by atoms with E-state index in [-0.39, 0.29) is 0 Å². The minimum Gasteiger partial charge on any atom is -0.306 e. The molecule has 0 amide bonds. The summed E-state index contributed by atoms with van der Waals surface area (Å²) >= 11 is 0. The van der Waals surface area contributed by atoms with Gasteiger partial charge in [-0.1, -0.05) is 116 Å². The van der Waals surface area contributed by atoms with E-state index in [9.17, 15) is 0 Å². The highest BCUT2D eigenvalue weighted by Crippen LogP contribution is 2.17. The van der Waals surface area contributed by atoms with Crippen LogP contribution in [0.1, 0.15) is 148 Å². The molecule has 0 aliphatic rings. The van der Waals surface area contributed by atoms with E-state index < -0.39 is 0 Å². The van der Waals surface area contributed by atoms with Crippen molar-refractivity contribution in [3.63, 3.8) is 0 Å². The number of allylic oxidation sites excluding steroid dienone is 3. The summed E-state index contributed by atoms with van der Waals surface area (Å²) in [5.74, 6) is 0. The zero-order valence-electron chi connectivity index (χ0n) is 22.5. The third kappa shape index (κ3) is 23.9. The van der Waals surface area contributed by atoms with Gasteiger partial charge >= 0.3 is 0 Å². The second-order valence-electron chi connectivity index (χ2n) is 10.1. The van der Waals surface area contributed by atoms with Crippen molar-refractivity contribution < 1.29 is 0 Å². The maximum Gasteiger partial charge on any atom is 0.00891 e. The van der Waals surface area contributed by atoms with E-state index in [4.69, 9.17) is 0 Å². The van der Waals surface area contributed by atoms with Gasteiger partial charge in [-0.3, -0.25) is 0 Å². The summed E-state index contributed by atoms with van der Waals surface area (Å²) < 4.78 is 0. The maximum absolute atomic E-state index is 3.63. The molecule has 1 unspecified atom stereocenters. The van der Waals surface area contributed by atoms with E-state index in [1.165, 1.54) is 135 Å². The van der Waals surface area contributed by atoms with Gasteiger partial charge in [0.15, 0.2) is 0 Å². The zero-order chi connectivity index (χ0) is 23.5. The molecule has 0 saturated carbocycles. The van der Waals surface area contributed by atoms with Gasteiger partial charge in [0.05, 0.1) is 0 Å². The summed E-state index contributed by atoms with van der Waals surface area (Å²) in [7, 11) is 4.53. The topological polar surface area (TPSA) is 3.24 Å². The van der Waals surface area contributed by atoms with Crippen molar-refractivity contribution in [3.8, 4) is 0 Å². The summed E-state index contributed by atoms with van der Waals surface area (Å²) in [6.45, 7) is 5.92. The zero-order valence-corrected chi connectivity index (χ0v) is 22.5. The van der Waals surface area contributed by atoms with Crippen molar-refractivity contribution in [3.05, 3.63) is 30.5 Å². The third-order valence-electron chi connectivity index (χ3n) is 6.81. The Labute approximate surface area is 203 Å². The first-order chi connectivity index (χ1) is 15.7. The van der Waals surface area contributed by atoms with Crippen molar-refractivity contribution in [1.29, 1.82) is 0 Å². The number of hydrogen-bond acceptors (Lipinski definition) is 1. The molecule has 1 atom stereocenters. The summed E-state index contributed by atoms with van der Waals surface area (Å²) in [6, 6.07) is 0.784. The maximum atomic E-state index is 3.63. The molecule has 0 saturated heterocycles. The summed E-state index contributed by atoms with van der Waals surface area (Å²) in [5.41, 5.74) is 2.87. The molecule has 0 aliphatic heterocycles. The third-order valence-corrected chi connectivity index (χ3v) is 6.81. The number of nitrogens with zero attached hydrogens (tertiary/aromatic N) is 1. The van der Waals surface area contributed by atoms with Crippen molar-refractivity contribution in [2.75, 3.05) is 14.1 Å². The Balaban J connectivity index is 3.43. The SMILES string of the molecule is C=C=CCCCCCCC(CCCCCCCCC/C=C\CCCCCCCC)N(C)C. The predicted molar refractivity (Wildman–Crippen MR) is 148 cm³/mol. The second-order valence-corrected chi connectivity index (χ2v) is 10.1. The van der Waals surface area contributed by atoms with Crippen LogP contribution in [0.3, 0.4) is 0 Å². The quantitative estimate of drug-likeness (QED) is 0.0767. The van der Waals surface area contributed by atoms with Gasteiger partial charge in [-0.2, -0.15) is 0 Å². The molecule has 0 aromatic rings. The lowest BCUT2D eigenvalue weighted by Gasteiger charge is -2.24. The fourth-order valence-electron chi connectivity index (χ4n) is 4.55. The molecule has 0 aromatic heterocycles. The van der Waals surface area contributed by atoms with Crippen LogP contribution in [0, 0.1) is 0 Å². The van der Waals surface area contributed by atoms with Gasteiger partial charge in [0, 0.05) is 6.04 Å². The van der Waals surface area contributed by atoms with E-state index in [0.717, 1.165) is 12.5 Å². The largest absolute Gasteiger partial charge is 0.306 e. The minimum absolute atomic E-state index is 0.784. The molecule has 32 heavy (non-hydrogen) atoms. The van der Waals surface area contributed by atoms with Crippen molar-refractivity contribution >= 4 is 0 Å². The Morgan fingerprint density at radius 2 is 1.00 bits per heavy atom. The van der Waals surface area contributed by atoms with E-state index in [0.29, 0.717) is 0 Å². The fourth-order valence-corrected chi connectivity index (χ4v) is 4.55. The fraction of sp³-hybridized carbons (Fsp3) is 0.839. The van der Waals surface area contributed by atoms with Crippen LogP contribution in [0.25, 0.3) is 0 Å². The Bertz CT molecular complexity index is 430. The van der Waals surface area contributed by atoms with Crippen LogP contribution in [0.2, 0.25) is 0 Å². The van der Waals surface area contributed by atoms with Gasteiger partial charge in [-0.25, -0.2) is 0 Å². The molecule has 0 fully saturated rings. The summed E-state index contributed by atoms with van der Waals surface area (Å²) in [6.07, 6.45) is 37.3. The minimum atomic E-state index is 0.784. The monoisotopic (exact) mass is 445 g/mol. The van der Waals surface area contributed by atoms with Gasteiger partial charge in [0.2, 0.25) is 0 Å². The van der Waals surface area contributed by atoms with E-state index in [1.807, 2.05) is 0 Å². The summed E-state index contributed by atoms with van der Waals surface area (Å²) in [5, 5.41) is 0. The van der Waals surface area contributed by atoms with Gasteiger partial charge in [0.1, 0.15) is 0 Å². The first-order valence-corrected chi connectivity index (χ1v) is 14.4. The van der Waals surface area contributed by atoms with Crippen LogP contribution in [0.5, 0.6) is 0 Å². The van der Waals surface area contributed by atoms with Gasteiger partial charge in [0.25, 0.3) is 0 Å². The molecular weight excluding hydrogens is 386 g/mol. The summed E-state index contributed by atoms with van der Waals surface area (Å²) in [4.78, 5) is 2.46. The molecule has 1 heteroatoms. The van der Waals surface area contributed by atoms with Crippen LogP contribution < -0.4 is 0 Å². The molecule has 0 heterocycles. The van der Waals surface area contributed by atoms with Crippen molar-refractivity contribution in [2.24, 2.45) is 0 Å². The second kappa shape index (κ2) is 26.5. The van der Waals surface area contributed by atoms with Gasteiger partial charge < -0.3 is 4.90 Å². The van der Waals surface area contributed by atoms with Crippen molar-refractivity contribution in [2.45, 2.75) is 154 Å². The Morgan fingerprint density at radius 1 is 0.594 bits per heavy atom. The molecule has 0 radical (unpaired) electrons. The van der Waals surface area contributed by atoms with Crippen molar-refractivity contribution in [1.82, 2.24) is 4.90 Å². The highest BCUT2D eigenvalue weighted by Gasteiger charge is 2.10. The van der Waals surface area contributed by atoms with Gasteiger partial charge in [-0.15, -0.1) is 5.73 Å². The Kier molecular flexibility index (Phi) is 25.8. The highest BCUT2D eigenvalue weighted by molar-refractivity contribution is 4.81. The lowest BCUT2D eigenvalue weighted by atomic mass is 9.99. The van der Waals surface area contributed by atoms with Crippen LogP contribution in [0.15, 0.2) is 30.5 Å². The molecule has 1 nitrogen and oxygen atoms in total.